The maximum Gasteiger partial charge on any atom is 0.0765 e. The Bertz CT molecular complexity index is 13.5. The van der Waals surface area contributed by atoms with Gasteiger partial charge in [-0.15, -0.1) is 0 Å². The maximum absolute atomic E-state index is 5.86. The van der Waals surface area contributed by atoms with Crippen molar-refractivity contribution in [2.75, 3.05) is 0 Å². The fourth-order valence-electron chi connectivity index (χ4n) is 0. The van der Waals surface area contributed by atoms with E-state index in [-0.39, 0.29) is 36.9 Å². The van der Waals surface area contributed by atoms with Gasteiger partial charge in [0, 0.05) is 36.9 Å². The molecule has 2 nitrogen and oxygen atoms in total. The van der Waals surface area contributed by atoms with Crippen molar-refractivity contribution >= 4 is 6.34 Å². The van der Waals surface area contributed by atoms with Gasteiger partial charge in [0.1, 0.15) is 0 Å². The van der Waals surface area contributed by atoms with E-state index < -0.39 is 0 Å². The second kappa shape index (κ2) is 9.33. The molecule has 0 aliphatic heterocycles. The van der Waals surface area contributed by atoms with Gasteiger partial charge in [0.05, 0.1) is 6.34 Å². The molecular formula is CH4LuN2. The molecule has 3 heteroatoms. The Morgan fingerprint density at radius 2 is 1.75 bits per heavy atom. The van der Waals surface area contributed by atoms with Crippen molar-refractivity contribution in [1.29, 1.82) is 5.41 Å². The molecule has 0 aliphatic carbocycles. The van der Waals surface area contributed by atoms with Gasteiger partial charge < -0.3 is 5.73 Å². The van der Waals surface area contributed by atoms with Crippen LogP contribution in [0.2, 0.25) is 0 Å². The van der Waals surface area contributed by atoms with Gasteiger partial charge in [0.2, 0.25) is 0 Å². The van der Waals surface area contributed by atoms with Crippen LogP contribution in [0.25, 0.3) is 0 Å². The summed E-state index contributed by atoms with van der Waals surface area (Å²) in [7, 11) is 0. The minimum atomic E-state index is 0. The molecule has 0 aliphatic rings. The molecule has 0 aromatic heterocycles. The van der Waals surface area contributed by atoms with Crippen LogP contribution in [-0.2, 0) is 0 Å². The number of nitrogens with two attached hydrogens (primary N) is 1. The quantitative estimate of drug-likeness (QED) is 0.420. The molecular weight excluding hydrogens is 215 g/mol. The molecule has 0 heterocycles. The summed E-state index contributed by atoms with van der Waals surface area (Å²) >= 11 is 0. The third-order valence-electron chi connectivity index (χ3n) is 0. The van der Waals surface area contributed by atoms with Crippen LogP contribution in [0.4, 0.5) is 0 Å². The second-order valence-electron chi connectivity index (χ2n) is 0.167. The van der Waals surface area contributed by atoms with Crippen LogP contribution in [0.5, 0.6) is 0 Å². The molecule has 0 unspecified atom stereocenters. The molecule has 0 saturated heterocycles. The number of hydrogen-bond acceptors (Lipinski definition) is 1. The third-order valence-corrected chi connectivity index (χ3v) is 0. The fourth-order valence-corrected chi connectivity index (χ4v) is 0. The van der Waals surface area contributed by atoms with Gasteiger partial charge in [0.15, 0.2) is 0 Å². The molecule has 0 aromatic rings. The Morgan fingerprint density at radius 1 is 1.75 bits per heavy atom. The monoisotopic (exact) mass is 219 g/mol. The van der Waals surface area contributed by atoms with Crippen LogP contribution < -0.4 is 5.73 Å². The number of rotatable bonds is 0. The molecule has 3 N–H and O–H groups in total. The van der Waals surface area contributed by atoms with Gasteiger partial charge in [-0.3, -0.25) is 5.41 Å². The van der Waals surface area contributed by atoms with Gasteiger partial charge in [-0.2, -0.15) is 0 Å². The van der Waals surface area contributed by atoms with Gasteiger partial charge in [-0.05, 0) is 0 Å². The van der Waals surface area contributed by atoms with Crippen LogP contribution >= 0.6 is 0 Å². The first-order chi connectivity index (χ1) is 1.41. The fraction of sp³-hybridized carbons (Fsp3) is 0. The van der Waals surface area contributed by atoms with E-state index in [1.807, 2.05) is 0 Å². The van der Waals surface area contributed by atoms with Crippen molar-refractivity contribution < 1.29 is 36.9 Å². The van der Waals surface area contributed by atoms with E-state index in [0.29, 0.717) is 0 Å². The summed E-state index contributed by atoms with van der Waals surface area (Å²) in [6.45, 7) is 0. The van der Waals surface area contributed by atoms with E-state index in [2.05, 4.69) is 5.73 Å². The molecule has 0 atom stereocenters. The largest absolute Gasteiger partial charge is 0.390 e. The van der Waals surface area contributed by atoms with Crippen molar-refractivity contribution in [2.45, 2.75) is 0 Å². The Morgan fingerprint density at radius 3 is 1.75 bits per heavy atom. The SMILES string of the molecule is N=CN.[Lu]. The topological polar surface area (TPSA) is 49.9 Å². The standard InChI is InChI=1S/CH4N2.Lu/c2-1-3;/h1H,(H3,2,3);. The molecule has 1 radical (unpaired) electrons. The molecule has 0 spiro atoms. The van der Waals surface area contributed by atoms with Crippen LogP contribution in [0.1, 0.15) is 0 Å². The number of nitrogens with one attached hydrogen (secondary N) is 1. The summed E-state index contributed by atoms with van der Waals surface area (Å²) in [5, 5.41) is 5.86. The van der Waals surface area contributed by atoms with Crippen molar-refractivity contribution in [3.63, 3.8) is 0 Å². The summed E-state index contributed by atoms with van der Waals surface area (Å²) in [5.74, 6) is 0. The average molecular weight is 219 g/mol. The zero-order valence-corrected chi connectivity index (χ0v) is 3.57. The summed E-state index contributed by atoms with van der Waals surface area (Å²) in [5.41, 5.74) is 4.39. The van der Waals surface area contributed by atoms with Crippen molar-refractivity contribution in [3.8, 4) is 0 Å². The predicted molar refractivity (Wildman–Crippen MR) is 13.0 cm³/mol. The number of hydrogen-bond donors (Lipinski definition) is 2. The van der Waals surface area contributed by atoms with Gasteiger partial charge in [-0.1, -0.05) is 0 Å². The zero-order chi connectivity index (χ0) is 2.71. The Kier molecular flexibility index (Phi) is 20.6. The third kappa shape index (κ3) is 15.8. The van der Waals surface area contributed by atoms with Crippen LogP contribution in [0, 0.1) is 42.3 Å². The van der Waals surface area contributed by atoms with Gasteiger partial charge in [0.25, 0.3) is 0 Å². The van der Waals surface area contributed by atoms with Gasteiger partial charge >= 0.3 is 0 Å². The Labute approximate surface area is 54.1 Å². The van der Waals surface area contributed by atoms with E-state index in [0.717, 1.165) is 6.34 Å². The molecule has 0 fully saturated rings. The predicted octanol–water partition coefficient (Wildman–Crippen LogP) is -0.448. The van der Waals surface area contributed by atoms with E-state index >= 15 is 0 Å². The van der Waals surface area contributed by atoms with Crippen LogP contribution in [0.3, 0.4) is 0 Å². The van der Waals surface area contributed by atoms with Crippen LogP contribution in [-0.4, -0.2) is 6.34 Å². The van der Waals surface area contributed by atoms with Crippen LogP contribution in [0.15, 0.2) is 0 Å². The second-order valence-corrected chi connectivity index (χ2v) is 0.167. The first-order valence-electron chi connectivity index (χ1n) is 0.622. The molecule has 0 rings (SSSR count). The molecule has 0 saturated carbocycles. The summed E-state index contributed by atoms with van der Waals surface area (Å²) in [6.07, 6.45) is 0.750. The van der Waals surface area contributed by atoms with Crippen molar-refractivity contribution in [1.82, 2.24) is 0 Å². The first kappa shape index (κ1) is 8.83. The van der Waals surface area contributed by atoms with E-state index in [4.69, 9.17) is 5.41 Å². The molecule has 0 bridgehead atoms. The zero-order valence-electron chi connectivity index (χ0n) is 1.91. The summed E-state index contributed by atoms with van der Waals surface area (Å²) in [4.78, 5) is 0. The van der Waals surface area contributed by atoms with Crippen molar-refractivity contribution in [2.24, 2.45) is 5.73 Å². The minimum absolute atomic E-state index is 0. The van der Waals surface area contributed by atoms with E-state index in [9.17, 15) is 0 Å². The molecule has 0 aromatic carbocycles. The summed E-state index contributed by atoms with van der Waals surface area (Å²) in [6, 6.07) is 0. The normalized spacial score (nSPS) is 3.00. The summed E-state index contributed by atoms with van der Waals surface area (Å²) < 4.78 is 0. The average Bonchev–Trinajstić information content (AvgIpc) is 0.918. The van der Waals surface area contributed by atoms with Gasteiger partial charge in [-0.25, -0.2) is 0 Å². The van der Waals surface area contributed by atoms with E-state index in [1.165, 1.54) is 0 Å². The van der Waals surface area contributed by atoms with Crippen molar-refractivity contribution in [3.05, 3.63) is 0 Å². The Balaban J connectivity index is 0. The smallest absolute Gasteiger partial charge is 0.0765 e. The maximum atomic E-state index is 5.86. The minimum Gasteiger partial charge on any atom is -0.390 e. The molecule has 4 heavy (non-hydrogen) atoms. The van der Waals surface area contributed by atoms with E-state index in [1.54, 1.807) is 0 Å². The molecule has 33 valence electrons. The molecule has 0 amide bonds. The first-order valence-corrected chi connectivity index (χ1v) is 0.622. The Hall–Kier alpha value is 0.704.